The first-order valence-electron chi connectivity index (χ1n) is 6.46. The molecule has 0 fully saturated rings. The highest BCUT2D eigenvalue weighted by molar-refractivity contribution is 7.98. The molecular formula is C15H25NS. The molecule has 0 heterocycles. The summed E-state index contributed by atoms with van der Waals surface area (Å²) in [6.07, 6.45) is 0. The van der Waals surface area contributed by atoms with Gasteiger partial charge in [0.05, 0.1) is 0 Å². The van der Waals surface area contributed by atoms with Crippen molar-refractivity contribution >= 4 is 11.8 Å². The van der Waals surface area contributed by atoms with Gasteiger partial charge in [-0.05, 0) is 25.3 Å². The third-order valence-electron chi connectivity index (χ3n) is 3.06. The quantitative estimate of drug-likeness (QED) is 0.739. The summed E-state index contributed by atoms with van der Waals surface area (Å²) in [4.78, 5) is 0. The molecule has 1 unspecified atom stereocenters. The maximum Gasteiger partial charge on any atom is 0.0185 e. The van der Waals surface area contributed by atoms with E-state index in [0.29, 0.717) is 6.04 Å². The fourth-order valence-electron chi connectivity index (χ4n) is 1.59. The Labute approximate surface area is 110 Å². The molecule has 0 aliphatic carbocycles. The Morgan fingerprint density at radius 1 is 1.24 bits per heavy atom. The summed E-state index contributed by atoms with van der Waals surface area (Å²) in [6, 6.07) is 9.40. The van der Waals surface area contributed by atoms with Gasteiger partial charge in [-0.2, -0.15) is 11.8 Å². The molecule has 0 spiro atoms. The van der Waals surface area contributed by atoms with Crippen molar-refractivity contribution in [3.63, 3.8) is 0 Å². The van der Waals surface area contributed by atoms with Crippen molar-refractivity contribution in [1.82, 2.24) is 5.32 Å². The van der Waals surface area contributed by atoms with Crippen LogP contribution in [0.2, 0.25) is 0 Å². The molecule has 1 N–H and O–H groups in total. The van der Waals surface area contributed by atoms with Gasteiger partial charge in [-0.3, -0.25) is 0 Å². The SMILES string of the molecule is Cc1cccc(CSCCNC(C)C(C)C)c1. The Morgan fingerprint density at radius 2 is 2.00 bits per heavy atom. The molecule has 96 valence electrons. The highest BCUT2D eigenvalue weighted by atomic mass is 32.2. The fourth-order valence-corrected chi connectivity index (χ4v) is 2.41. The second kappa shape index (κ2) is 7.78. The average molecular weight is 251 g/mol. The smallest absolute Gasteiger partial charge is 0.0185 e. The van der Waals surface area contributed by atoms with Gasteiger partial charge in [0.1, 0.15) is 0 Å². The van der Waals surface area contributed by atoms with Crippen molar-refractivity contribution in [3.05, 3.63) is 35.4 Å². The van der Waals surface area contributed by atoms with Gasteiger partial charge in [-0.25, -0.2) is 0 Å². The third-order valence-corrected chi connectivity index (χ3v) is 4.09. The molecular weight excluding hydrogens is 226 g/mol. The van der Waals surface area contributed by atoms with E-state index in [1.54, 1.807) is 0 Å². The number of benzene rings is 1. The molecule has 1 nitrogen and oxygen atoms in total. The van der Waals surface area contributed by atoms with Gasteiger partial charge in [-0.15, -0.1) is 0 Å². The number of hydrogen-bond acceptors (Lipinski definition) is 2. The van der Waals surface area contributed by atoms with Gasteiger partial charge in [0.2, 0.25) is 0 Å². The molecule has 0 radical (unpaired) electrons. The largest absolute Gasteiger partial charge is 0.313 e. The van der Waals surface area contributed by atoms with Crippen LogP contribution >= 0.6 is 11.8 Å². The van der Waals surface area contributed by atoms with E-state index in [4.69, 9.17) is 0 Å². The Kier molecular flexibility index (Phi) is 6.68. The summed E-state index contributed by atoms with van der Waals surface area (Å²) in [7, 11) is 0. The molecule has 0 aromatic heterocycles. The zero-order valence-corrected chi connectivity index (χ0v) is 12.3. The Bertz CT molecular complexity index is 322. The van der Waals surface area contributed by atoms with E-state index in [1.807, 2.05) is 11.8 Å². The molecule has 1 rings (SSSR count). The highest BCUT2D eigenvalue weighted by Gasteiger charge is 2.04. The van der Waals surface area contributed by atoms with E-state index in [1.165, 1.54) is 16.9 Å². The molecule has 1 aromatic carbocycles. The molecule has 0 aliphatic rings. The Hall–Kier alpha value is -0.470. The van der Waals surface area contributed by atoms with Gasteiger partial charge in [-0.1, -0.05) is 43.7 Å². The van der Waals surface area contributed by atoms with Crippen molar-refractivity contribution < 1.29 is 0 Å². The molecule has 2 heteroatoms. The molecule has 0 amide bonds. The van der Waals surface area contributed by atoms with E-state index in [9.17, 15) is 0 Å². The van der Waals surface area contributed by atoms with E-state index in [2.05, 4.69) is 57.3 Å². The third kappa shape index (κ3) is 6.13. The van der Waals surface area contributed by atoms with Crippen LogP contribution in [-0.2, 0) is 5.75 Å². The summed E-state index contributed by atoms with van der Waals surface area (Å²) in [5.74, 6) is 3.03. The summed E-state index contributed by atoms with van der Waals surface area (Å²) in [5.41, 5.74) is 2.79. The lowest BCUT2D eigenvalue weighted by molar-refractivity contribution is 0.438. The summed E-state index contributed by atoms with van der Waals surface area (Å²) >= 11 is 2.01. The zero-order chi connectivity index (χ0) is 12.7. The van der Waals surface area contributed by atoms with Crippen molar-refractivity contribution in [1.29, 1.82) is 0 Å². The normalized spacial score (nSPS) is 13.0. The summed E-state index contributed by atoms with van der Waals surface area (Å²) in [6.45, 7) is 10.0. The number of hydrogen-bond donors (Lipinski definition) is 1. The first-order chi connectivity index (χ1) is 8.09. The maximum atomic E-state index is 3.56. The lowest BCUT2D eigenvalue weighted by Crippen LogP contribution is -2.32. The zero-order valence-electron chi connectivity index (χ0n) is 11.5. The van der Waals surface area contributed by atoms with Gasteiger partial charge in [0.15, 0.2) is 0 Å². The van der Waals surface area contributed by atoms with Crippen molar-refractivity contribution in [2.24, 2.45) is 5.92 Å². The summed E-state index contributed by atoms with van der Waals surface area (Å²) in [5, 5.41) is 3.56. The first-order valence-corrected chi connectivity index (χ1v) is 7.61. The minimum Gasteiger partial charge on any atom is -0.313 e. The molecule has 0 bridgehead atoms. The van der Waals surface area contributed by atoms with Gasteiger partial charge < -0.3 is 5.32 Å². The van der Waals surface area contributed by atoms with Crippen LogP contribution < -0.4 is 5.32 Å². The first kappa shape index (κ1) is 14.6. The second-order valence-corrected chi connectivity index (χ2v) is 6.13. The molecule has 0 saturated heterocycles. The summed E-state index contributed by atoms with van der Waals surface area (Å²) < 4.78 is 0. The van der Waals surface area contributed by atoms with Crippen LogP contribution in [0.15, 0.2) is 24.3 Å². The molecule has 0 aliphatic heterocycles. The van der Waals surface area contributed by atoms with Crippen molar-refractivity contribution in [2.45, 2.75) is 39.5 Å². The molecule has 17 heavy (non-hydrogen) atoms. The highest BCUT2D eigenvalue weighted by Crippen LogP contribution is 2.13. The Balaban J connectivity index is 2.12. The monoisotopic (exact) mass is 251 g/mol. The van der Waals surface area contributed by atoms with E-state index >= 15 is 0 Å². The fraction of sp³-hybridized carbons (Fsp3) is 0.600. The number of rotatable bonds is 7. The maximum absolute atomic E-state index is 3.56. The Morgan fingerprint density at radius 3 is 2.65 bits per heavy atom. The van der Waals surface area contributed by atoms with Gasteiger partial charge in [0.25, 0.3) is 0 Å². The topological polar surface area (TPSA) is 12.0 Å². The van der Waals surface area contributed by atoms with Crippen LogP contribution in [-0.4, -0.2) is 18.3 Å². The predicted molar refractivity (Wildman–Crippen MR) is 79.6 cm³/mol. The van der Waals surface area contributed by atoms with Crippen LogP contribution in [0.3, 0.4) is 0 Å². The van der Waals surface area contributed by atoms with Crippen molar-refractivity contribution in [3.8, 4) is 0 Å². The van der Waals surface area contributed by atoms with Crippen LogP contribution in [0, 0.1) is 12.8 Å². The van der Waals surface area contributed by atoms with E-state index in [0.717, 1.165) is 18.2 Å². The predicted octanol–water partition coefficient (Wildman–Crippen LogP) is 3.86. The van der Waals surface area contributed by atoms with Crippen LogP contribution in [0.1, 0.15) is 31.9 Å². The minimum atomic E-state index is 0.620. The lowest BCUT2D eigenvalue weighted by atomic mass is 10.1. The van der Waals surface area contributed by atoms with Crippen LogP contribution in [0.25, 0.3) is 0 Å². The van der Waals surface area contributed by atoms with Crippen molar-refractivity contribution in [2.75, 3.05) is 12.3 Å². The van der Waals surface area contributed by atoms with E-state index < -0.39 is 0 Å². The number of aryl methyl sites for hydroxylation is 1. The van der Waals surface area contributed by atoms with Gasteiger partial charge >= 0.3 is 0 Å². The molecule has 1 aromatic rings. The standard InChI is InChI=1S/C15H25NS/c1-12(2)14(4)16-8-9-17-11-15-7-5-6-13(3)10-15/h5-7,10,12,14,16H,8-9,11H2,1-4H3. The second-order valence-electron chi connectivity index (χ2n) is 5.03. The van der Waals surface area contributed by atoms with Gasteiger partial charge in [0, 0.05) is 24.1 Å². The number of nitrogens with one attached hydrogen (secondary N) is 1. The average Bonchev–Trinajstić information content (AvgIpc) is 2.28. The van der Waals surface area contributed by atoms with Crippen LogP contribution in [0.5, 0.6) is 0 Å². The molecule has 0 saturated carbocycles. The van der Waals surface area contributed by atoms with Crippen LogP contribution in [0.4, 0.5) is 0 Å². The molecule has 1 atom stereocenters. The minimum absolute atomic E-state index is 0.620. The van der Waals surface area contributed by atoms with E-state index in [-0.39, 0.29) is 0 Å². The number of thioether (sulfide) groups is 1. The lowest BCUT2D eigenvalue weighted by Gasteiger charge is -2.17.